The molecule has 1 fully saturated rings. The molecule has 1 aliphatic rings. The molecule has 5 nitrogen and oxygen atoms in total. The van der Waals surface area contributed by atoms with Crippen molar-refractivity contribution >= 4 is 27.3 Å². The lowest BCUT2D eigenvalue weighted by atomic mass is 9.99. The third-order valence-corrected chi connectivity index (χ3v) is 7.19. The van der Waals surface area contributed by atoms with E-state index in [9.17, 15) is 13.2 Å². The van der Waals surface area contributed by atoms with Gasteiger partial charge in [-0.05, 0) is 24.5 Å². The van der Waals surface area contributed by atoms with Gasteiger partial charge in [0.25, 0.3) is 10.0 Å². The number of sulfonamides is 1. The Morgan fingerprint density at radius 2 is 2.15 bits per heavy atom. The number of methoxy groups -OCH3 is 1. The molecule has 0 bridgehead atoms. The molecule has 2 heterocycles. The molecule has 1 aliphatic heterocycles. The van der Waals surface area contributed by atoms with E-state index >= 15 is 0 Å². The molecule has 112 valence electrons. The summed E-state index contributed by atoms with van der Waals surface area (Å²) in [6.07, 6.45) is 0.821. The van der Waals surface area contributed by atoms with Crippen LogP contribution in [0.2, 0.25) is 0 Å². The van der Waals surface area contributed by atoms with Crippen LogP contribution >= 0.6 is 11.3 Å². The van der Waals surface area contributed by atoms with Gasteiger partial charge in [0.1, 0.15) is 4.21 Å². The van der Waals surface area contributed by atoms with Crippen LogP contribution in [0.1, 0.15) is 18.7 Å². The van der Waals surface area contributed by atoms with E-state index in [-0.39, 0.29) is 24.3 Å². The van der Waals surface area contributed by atoms with Crippen molar-refractivity contribution in [3.8, 4) is 0 Å². The number of hydrogen-bond acceptors (Lipinski definition) is 5. The van der Waals surface area contributed by atoms with Crippen molar-refractivity contribution in [3.05, 3.63) is 17.0 Å². The maximum Gasteiger partial charge on any atom is 0.310 e. The van der Waals surface area contributed by atoms with E-state index < -0.39 is 10.0 Å². The second-order valence-corrected chi connectivity index (χ2v) is 8.34. The zero-order chi connectivity index (χ0) is 14.9. The normalized spacial score (nSPS) is 23.9. The Morgan fingerprint density at radius 1 is 1.45 bits per heavy atom. The molecule has 0 amide bonds. The largest absolute Gasteiger partial charge is 0.469 e. The Kier molecular flexibility index (Phi) is 4.51. The number of carbonyl (C=O) groups is 1. The third kappa shape index (κ3) is 2.75. The van der Waals surface area contributed by atoms with E-state index in [2.05, 4.69) is 0 Å². The molecule has 0 saturated carbocycles. The molecule has 0 aliphatic carbocycles. The van der Waals surface area contributed by atoms with E-state index in [0.29, 0.717) is 10.8 Å². The molecule has 2 rings (SSSR count). The zero-order valence-corrected chi connectivity index (χ0v) is 13.5. The number of thiophene rings is 1. The molecule has 1 aromatic heterocycles. The van der Waals surface area contributed by atoms with Crippen LogP contribution in [0.25, 0.3) is 0 Å². The molecular formula is C13H19NO4S2. The van der Waals surface area contributed by atoms with Crippen molar-refractivity contribution in [2.45, 2.75) is 24.5 Å². The number of ether oxygens (including phenoxy) is 1. The molecule has 1 aromatic rings. The summed E-state index contributed by atoms with van der Waals surface area (Å²) in [6, 6.07) is 3.49. The summed E-state index contributed by atoms with van der Waals surface area (Å²) < 4.78 is 31.6. The number of nitrogens with zero attached hydrogens (tertiary/aromatic N) is 1. The minimum absolute atomic E-state index is 0.0252. The SMILES string of the molecule is CCc1ccc(S(=O)(=O)N2CC(C)C(C(=O)OC)C2)s1. The lowest BCUT2D eigenvalue weighted by Crippen LogP contribution is -2.29. The third-order valence-electron chi connectivity index (χ3n) is 3.66. The second kappa shape index (κ2) is 5.83. The summed E-state index contributed by atoms with van der Waals surface area (Å²) in [6.45, 7) is 4.44. The van der Waals surface area contributed by atoms with Gasteiger partial charge in [0.2, 0.25) is 0 Å². The van der Waals surface area contributed by atoms with Crippen LogP contribution in [-0.2, 0) is 26.0 Å². The van der Waals surface area contributed by atoms with Crippen LogP contribution in [0.5, 0.6) is 0 Å². The first-order valence-electron chi connectivity index (χ1n) is 6.56. The standard InChI is InChI=1S/C13H19NO4S2/c1-4-10-5-6-12(19-10)20(16,17)14-7-9(2)11(8-14)13(15)18-3/h5-6,9,11H,4,7-8H2,1-3H3. The molecule has 0 spiro atoms. The summed E-state index contributed by atoms with van der Waals surface area (Å²) in [4.78, 5) is 12.7. The Morgan fingerprint density at radius 3 is 2.70 bits per heavy atom. The second-order valence-electron chi connectivity index (χ2n) is 5.00. The van der Waals surface area contributed by atoms with Crippen molar-refractivity contribution in [2.75, 3.05) is 20.2 Å². The number of hydrogen-bond donors (Lipinski definition) is 0. The zero-order valence-electron chi connectivity index (χ0n) is 11.8. The maximum absolute atomic E-state index is 12.5. The Balaban J connectivity index is 2.21. The molecule has 0 N–H and O–H groups in total. The molecule has 1 saturated heterocycles. The van der Waals surface area contributed by atoms with E-state index in [1.807, 2.05) is 19.9 Å². The highest BCUT2D eigenvalue weighted by Gasteiger charge is 2.41. The predicted molar refractivity (Wildman–Crippen MR) is 77.1 cm³/mol. The highest BCUT2D eigenvalue weighted by atomic mass is 32.2. The highest BCUT2D eigenvalue weighted by Crippen LogP contribution is 2.32. The summed E-state index contributed by atoms with van der Waals surface area (Å²) in [5, 5.41) is 0. The predicted octanol–water partition coefficient (Wildman–Crippen LogP) is 1.74. The summed E-state index contributed by atoms with van der Waals surface area (Å²) >= 11 is 1.30. The van der Waals surface area contributed by atoms with Crippen molar-refractivity contribution in [2.24, 2.45) is 11.8 Å². The van der Waals surface area contributed by atoms with E-state index in [1.165, 1.54) is 22.8 Å². The first-order valence-corrected chi connectivity index (χ1v) is 8.82. The summed E-state index contributed by atoms with van der Waals surface area (Å²) in [5.41, 5.74) is 0. The molecule has 0 aromatic carbocycles. The van der Waals surface area contributed by atoms with Crippen molar-refractivity contribution < 1.29 is 17.9 Å². The topological polar surface area (TPSA) is 63.7 Å². The molecule has 20 heavy (non-hydrogen) atoms. The number of esters is 1. The van der Waals surface area contributed by atoms with Gasteiger partial charge in [0.15, 0.2) is 0 Å². The molecule has 0 radical (unpaired) electrons. The van der Waals surface area contributed by atoms with E-state index in [4.69, 9.17) is 4.74 Å². The Labute approximate surface area is 123 Å². The van der Waals surface area contributed by atoms with Gasteiger partial charge in [-0.25, -0.2) is 8.42 Å². The lowest BCUT2D eigenvalue weighted by molar-refractivity contribution is -0.145. The van der Waals surface area contributed by atoms with Crippen molar-refractivity contribution in [1.82, 2.24) is 4.31 Å². The van der Waals surface area contributed by atoms with Gasteiger partial charge in [-0.15, -0.1) is 11.3 Å². The highest BCUT2D eigenvalue weighted by molar-refractivity contribution is 7.91. The van der Waals surface area contributed by atoms with Crippen LogP contribution < -0.4 is 0 Å². The fourth-order valence-corrected chi connectivity index (χ4v) is 5.41. The van der Waals surface area contributed by atoms with E-state index in [0.717, 1.165) is 11.3 Å². The fourth-order valence-electron chi connectivity index (χ4n) is 2.39. The average Bonchev–Trinajstić information content (AvgIpc) is 3.04. The summed E-state index contributed by atoms with van der Waals surface area (Å²) in [7, 11) is -2.16. The smallest absolute Gasteiger partial charge is 0.310 e. The molecule has 7 heteroatoms. The van der Waals surface area contributed by atoms with Gasteiger partial charge in [-0.2, -0.15) is 4.31 Å². The van der Waals surface area contributed by atoms with Crippen LogP contribution in [-0.4, -0.2) is 38.9 Å². The van der Waals surface area contributed by atoms with Crippen molar-refractivity contribution in [1.29, 1.82) is 0 Å². The molecule has 2 unspecified atom stereocenters. The Bertz CT molecular complexity index is 593. The minimum atomic E-state index is -3.49. The minimum Gasteiger partial charge on any atom is -0.469 e. The van der Waals surface area contributed by atoms with Crippen LogP contribution in [0.4, 0.5) is 0 Å². The van der Waals surface area contributed by atoms with Gasteiger partial charge in [-0.3, -0.25) is 4.79 Å². The summed E-state index contributed by atoms with van der Waals surface area (Å²) in [5.74, 6) is -0.737. The van der Waals surface area contributed by atoms with Gasteiger partial charge < -0.3 is 4.74 Å². The van der Waals surface area contributed by atoms with E-state index in [1.54, 1.807) is 6.07 Å². The number of rotatable bonds is 4. The van der Waals surface area contributed by atoms with Gasteiger partial charge in [0.05, 0.1) is 13.0 Å². The fraction of sp³-hybridized carbons (Fsp3) is 0.615. The monoisotopic (exact) mass is 317 g/mol. The maximum atomic E-state index is 12.5. The van der Waals surface area contributed by atoms with Crippen LogP contribution in [0.15, 0.2) is 16.3 Å². The molecular weight excluding hydrogens is 298 g/mol. The van der Waals surface area contributed by atoms with Crippen LogP contribution in [0.3, 0.4) is 0 Å². The molecule has 2 atom stereocenters. The number of carbonyl (C=O) groups excluding carboxylic acids is 1. The average molecular weight is 317 g/mol. The van der Waals surface area contributed by atoms with Gasteiger partial charge >= 0.3 is 5.97 Å². The van der Waals surface area contributed by atoms with Crippen LogP contribution in [0, 0.1) is 11.8 Å². The first kappa shape index (κ1) is 15.5. The lowest BCUT2D eigenvalue weighted by Gasteiger charge is -2.14. The number of aryl methyl sites for hydroxylation is 1. The first-order chi connectivity index (χ1) is 9.40. The van der Waals surface area contributed by atoms with Gasteiger partial charge in [0, 0.05) is 18.0 Å². The van der Waals surface area contributed by atoms with Crippen molar-refractivity contribution in [3.63, 3.8) is 0 Å². The quantitative estimate of drug-likeness (QED) is 0.794. The Hall–Kier alpha value is -0.920. The van der Waals surface area contributed by atoms with Gasteiger partial charge in [-0.1, -0.05) is 13.8 Å².